The standard InChI is InChI=1S/C25H33ClN2O/c1-4-28-21-12-10-19(24(18-21)29-3)9-8-16-25(14-6-5-7-15-25)22-17-20(26)11-13-23(22)27-2/h8-13,17-18,27-28H,4-7,14-16H2,1-3H3/b9-8+. The summed E-state index contributed by atoms with van der Waals surface area (Å²) in [4.78, 5) is 0. The zero-order valence-corrected chi connectivity index (χ0v) is 18.6. The number of hydrogen-bond acceptors (Lipinski definition) is 3. The first-order valence-corrected chi connectivity index (χ1v) is 11.1. The Labute approximate surface area is 180 Å². The van der Waals surface area contributed by atoms with Gasteiger partial charge in [0.1, 0.15) is 5.75 Å². The molecule has 2 aromatic rings. The fraction of sp³-hybridized carbons (Fsp3) is 0.440. The van der Waals surface area contributed by atoms with E-state index in [1.54, 1.807) is 7.11 Å². The highest BCUT2D eigenvalue weighted by atomic mass is 35.5. The molecule has 1 saturated carbocycles. The summed E-state index contributed by atoms with van der Waals surface area (Å²) in [5, 5.41) is 7.53. The van der Waals surface area contributed by atoms with Crippen LogP contribution in [0.25, 0.3) is 6.08 Å². The molecule has 0 radical (unpaired) electrons. The lowest BCUT2D eigenvalue weighted by atomic mass is 9.67. The lowest BCUT2D eigenvalue weighted by Gasteiger charge is -2.38. The number of rotatable bonds is 8. The minimum absolute atomic E-state index is 0.134. The van der Waals surface area contributed by atoms with E-state index < -0.39 is 0 Å². The van der Waals surface area contributed by atoms with Crippen LogP contribution in [0, 0.1) is 0 Å². The van der Waals surface area contributed by atoms with Gasteiger partial charge >= 0.3 is 0 Å². The van der Waals surface area contributed by atoms with Gasteiger partial charge < -0.3 is 15.4 Å². The van der Waals surface area contributed by atoms with Gasteiger partial charge in [-0.15, -0.1) is 0 Å². The molecule has 4 heteroatoms. The molecule has 0 aromatic heterocycles. The quantitative estimate of drug-likeness (QED) is 0.483. The molecule has 156 valence electrons. The molecule has 0 heterocycles. The van der Waals surface area contributed by atoms with E-state index in [0.29, 0.717) is 0 Å². The van der Waals surface area contributed by atoms with E-state index in [4.69, 9.17) is 16.3 Å². The van der Waals surface area contributed by atoms with Crippen molar-refractivity contribution in [2.24, 2.45) is 0 Å². The molecule has 1 aliphatic carbocycles. The number of benzene rings is 2. The number of halogens is 1. The molecule has 0 amide bonds. The van der Waals surface area contributed by atoms with Gasteiger partial charge in [0.25, 0.3) is 0 Å². The topological polar surface area (TPSA) is 33.3 Å². The van der Waals surface area contributed by atoms with Gasteiger partial charge in [-0.2, -0.15) is 0 Å². The second-order valence-electron chi connectivity index (χ2n) is 7.87. The summed E-state index contributed by atoms with van der Waals surface area (Å²) < 4.78 is 5.62. The van der Waals surface area contributed by atoms with Crippen LogP contribution in [0.15, 0.2) is 42.5 Å². The molecule has 29 heavy (non-hydrogen) atoms. The fourth-order valence-electron chi connectivity index (χ4n) is 4.56. The second-order valence-corrected chi connectivity index (χ2v) is 8.31. The van der Waals surface area contributed by atoms with Crippen molar-refractivity contribution >= 4 is 29.1 Å². The normalized spacial score (nSPS) is 16.0. The fourth-order valence-corrected chi connectivity index (χ4v) is 4.73. The van der Waals surface area contributed by atoms with Crippen LogP contribution in [0.4, 0.5) is 11.4 Å². The van der Waals surface area contributed by atoms with Gasteiger partial charge in [-0.1, -0.05) is 43.0 Å². The Morgan fingerprint density at radius 1 is 1.10 bits per heavy atom. The molecule has 2 aromatic carbocycles. The Balaban J connectivity index is 1.88. The number of nitrogens with one attached hydrogen (secondary N) is 2. The van der Waals surface area contributed by atoms with Crippen molar-refractivity contribution in [3.8, 4) is 5.75 Å². The summed E-state index contributed by atoms with van der Waals surface area (Å²) in [6.07, 6.45) is 11.8. The van der Waals surface area contributed by atoms with Crippen LogP contribution in [0.2, 0.25) is 5.02 Å². The van der Waals surface area contributed by atoms with Gasteiger partial charge in [-0.05, 0) is 62.1 Å². The molecule has 0 saturated heterocycles. The van der Waals surface area contributed by atoms with Crippen molar-refractivity contribution in [3.05, 3.63) is 58.6 Å². The van der Waals surface area contributed by atoms with Gasteiger partial charge in [0.05, 0.1) is 7.11 Å². The van der Waals surface area contributed by atoms with E-state index in [1.165, 1.54) is 43.4 Å². The van der Waals surface area contributed by atoms with Crippen LogP contribution < -0.4 is 15.4 Å². The summed E-state index contributed by atoms with van der Waals surface area (Å²) in [7, 11) is 3.73. The zero-order valence-electron chi connectivity index (χ0n) is 17.9. The maximum absolute atomic E-state index is 6.40. The first kappa shape index (κ1) is 21.6. The molecule has 0 bridgehead atoms. The number of anilines is 2. The number of hydrogen-bond donors (Lipinski definition) is 2. The predicted molar refractivity (Wildman–Crippen MR) is 127 cm³/mol. The van der Waals surface area contributed by atoms with Crippen molar-refractivity contribution in [1.29, 1.82) is 0 Å². The van der Waals surface area contributed by atoms with Crippen LogP contribution in [-0.2, 0) is 5.41 Å². The number of ether oxygens (including phenoxy) is 1. The first-order chi connectivity index (χ1) is 14.1. The van der Waals surface area contributed by atoms with E-state index >= 15 is 0 Å². The van der Waals surface area contributed by atoms with Gasteiger partial charge in [-0.25, -0.2) is 0 Å². The van der Waals surface area contributed by atoms with Gasteiger partial charge in [-0.3, -0.25) is 0 Å². The number of methoxy groups -OCH3 is 1. The highest BCUT2D eigenvalue weighted by Gasteiger charge is 2.34. The van der Waals surface area contributed by atoms with E-state index in [9.17, 15) is 0 Å². The molecular formula is C25H33ClN2O. The highest BCUT2D eigenvalue weighted by Crippen LogP contribution is 2.46. The minimum Gasteiger partial charge on any atom is -0.496 e. The third kappa shape index (κ3) is 5.08. The lowest BCUT2D eigenvalue weighted by molar-refractivity contribution is 0.296. The Hall–Kier alpha value is -2.13. The van der Waals surface area contributed by atoms with Crippen LogP contribution in [0.3, 0.4) is 0 Å². The van der Waals surface area contributed by atoms with Gasteiger partial charge in [0.15, 0.2) is 0 Å². The molecule has 0 atom stereocenters. The van der Waals surface area contributed by atoms with E-state index in [2.05, 4.69) is 60.0 Å². The van der Waals surface area contributed by atoms with Gasteiger partial charge in [0.2, 0.25) is 0 Å². The predicted octanol–water partition coefficient (Wildman–Crippen LogP) is 7.13. The Morgan fingerprint density at radius 3 is 2.59 bits per heavy atom. The lowest BCUT2D eigenvalue weighted by Crippen LogP contribution is -2.29. The van der Waals surface area contributed by atoms with Gasteiger partial charge in [0, 0.05) is 47.0 Å². The molecule has 0 spiro atoms. The Bertz CT molecular complexity index is 841. The monoisotopic (exact) mass is 412 g/mol. The van der Waals surface area contributed by atoms with Crippen molar-refractivity contribution in [1.82, 2.24) is 0 Å². The molecule has 1 fully saturated rings. The molecule has 2 N–H and O–H groups in total. The Kier molecular flexibility index (Phi) is 7.49. The average Bonchev–Trinajstić information content (AvgIpc) is 2.75. The Morgan fingerprint density at radius 2 is 1.90 bits per heavy atom. The molecule has 0 aliphatic heterocycles. The largest absolute Gasteiger partial charge is 0.496 e. The second kappa shape index (κ2) is 10.1. The third-order valence-corrected chi connectivity index (χ3v) is 6.29. The number of allylic oxidation sites excluding steroid dienone is 1. The van der Waals surface area contributed by atoms with Crippen LogP contribution >= 0.6 is 11.6 Å². The maximum Gasteiger partial charge on any atom is 0.128 e. The van der Waals surface area contributed by atoms with Crippen molar-refractivity contribution in [2.75, 3.05) is 31.3 Å². The minimum atomic E-state index is 0.134. The summed E-state index contributed by atoms with van der Waals surface area (Å²) in [6, 6.07) is 12.5. The maximum atomic E-state index is 6.40. The van der Waals surface area contributed by atoms with Crippen LogP contribution in [0.1, 0.15) is 56.6 Å². The van der Waals surface area contributed by atoms with Crippen molar-refractivity contribution < 1.29 is 4.74 Å². The summed E-state index contributed by atoms with van der Waals surface area (Å²) in [5.74, 6) is 0.899. The smallest absolute Gasteiger partial charge is 0.128 e. The van der Waals surface area contributed by atoms with Crippen molar-refractivity contribution in [3.63, 3.8) is 0 Å². The molecule has 3 nitrogen and oxygen atoms in total. The SMILES string of the molecule is CCNc1ccc(/C=C/CC2(c3cc(Cl)ccc3NC)CCCCC2)c(OC)c1. The summed E-state index contributed by atoms with van der Waals surface area (Å²) >= 11 is 6.40. The average molecular weight is 413 g/mol. The van der Waals surface area contributed by atoms with E-state index in [1.807, 2.05) is 13.1 Å². The first-order valence-electron chi connectivity index (χ1n) is 10.7. The molecule has 3 rings (SSSR count). The third-order valence-electron chi connectivity index (χ3n) is 6.05. The van der Waals surface area contributed by atoms with E-state index in [-0.39, 0.29) is 5.41 Å². The van der Waals surface area contributed by atoms with Crippen LogP contribution in [-0.4, -0.2) is 20.7 Å². The van der Waals surface area contributed by atoms with E-state index in [0.717, 1.165) is 35.0 Å². The molecule has 0 unspecified atom stereocenters. The van der Waals surface area contributed by atoms with Crippen molar-refractivity contribution in [2.45, 2.75) is 50.9 Å². The van der Waals surface area contributed by atoms with Crippen LogP contribution in [0.5, 0.6) is 5.75 Å². The zero-order chi connectivity index (χ0) is 20.7. The summed E-state index contributed by atoms with van der Waals surface area (Å²) in [5.41, 5.74) is 4.88. The summed E-state index contributed by atoms with van der Waals surface area (Å²) in [6.45, 7) is 2.99. The molecular weight excluding hydrogens is 380 g/mol. The molecule has 1 aliphatic rings. The highest BCUT2D eigenvalue weighted by molar-refractivity contribution is 6.30.